The highest BCUT2D eigenvalue weighted by Gasteiger charge is 2.39. The van der Waals surface area contributed by atoms with Crippen molar-refractivity contribution in [1.82, 2.24) is 0 Å². The van der Waals surface area contributed by atoms with Gasteiger partial charge in [0.1, 0.15) is 11.4 Å². The lowest BCUT2D eigenvalue weighted by molar-refractivity contribution is -0.222. The molecule has 0 spiro atoms. The number of carbonyl (C=O) groups is 2. The zero-order chi connectivity index (χ0) is 18.6. The van der Waals surface area contributed by atoms with Crippen molar-refractivity contribution >= 4 is 18.0 Å². The lowest BCUT2D eigenvalue weighted by Gasteiger charge is -2.29. The Morgan fingerprint density at radius 3 is 2.36 bits per heavy atom. The van der Waals surface area contributed by atoms with Gasteiger partial charge in [-0.2, -0.15) is 0 Å². The van der Waals surface area contributed by atoms with Crippen LogP contribution in [0.5, 0.6) is 5.75 Å². The number of hydrogen-bond acceptors (Lipinski definition) is 5. The Morgan fingerprint density at radius 1 is 1.12 bits per heavy atom. The van der Waals surface area contributed by atoms with E-state index in [1.54, 1.807) is 0 Å². The van der Waals surface area contributed by atoms with Crippen molar-refractivity contribution in [3.63, 3.8) is 0 Å². The number of benzene rings is 1. The largest absolute Gasteiger partial charge is 0.490 e. The zero-order valence-corrected chi connectivity index (χ0v) is 14.4. The molecule has 7 heteroatoms. The number of ether oxygens (including phenoxy) is 3. The van der Waals surface area contributed by atoms with Crippen molar-refractivity contribution in [1.29, 1.82) is 0 Å². The third kappa shape index (κ3) is 4.78. The molecule has 0 atom stereocenters. The minimum absolute atomic E-state index is 0.0717. The minimum atomic E-state index is -1.39. The lowest BCUT2D eigenvalue weighted by Crippen LogP contribution is -2.41. The maximum atomic E-state index is 14.1. The van der Waals surface area contributed by atoms with E-state index in [9.17, 15) is 18.4 Å². The van der Waals surface area contributed by atoms with Crippen LogP contribution < -0.4 is 4.74 Å². The van der Waals surface area contributed by atoms with Gasteiger partial charge in [0.25, 0.3) is 5.79 Å². The first-order valence-electron chi connectivity index (χ1n) is 8.03. The van der Waals surface area contributed by atoms with Gasteiger partial charge < -0.3 is 14.2 Å². The van der Waals surface area contributed by atoms with Crippen LogP contribution in [0.1, 0.15) is 45.6 Å². The van der Waals surface area contributed by atoms with E-state index in [0.717, 1.165) is 25.0 Å². The van der Waals surface area contributed by atoms with E-state index < -0.39 is 34.9 Å². The topological polar surface area (TPSA) is 61.8 Å². The summed E-state index contributed by atoms with van der Waals surface area (Å²) in [5.74, 6) is -5.25. The minimum Gasteiger partial charge on any atom is -0.490 e. The van der Waals surface area contributed by atoms with Gasteiger partial charge in [0, 0.05) is 25.5 Å². The molecule has 0 aromatic heterocycles. The second-order valence-corrected chi connectivity index (χ2v) is 6.10. The Morgan fingerprint density at radius 2 is 1.76 bits per heavy atom. The van der Waals surface area contributed by atoms with Gasteiger partial charge in [-0.3, -0.25) is 0 Å². The number of esters is 2. The van der Waals surface area contributed by atoms with Gasteiger partial charge in [-0.05, 0) is 18.6 Å². The molecule has 2 rings (SSSR count). The molecule has 1 aliphatic rings. The van der Waals surface area contributed by atoms with E-state index in [0.29, 0.717) is 12.5 Å². The highest BCUT2D eigenvalue weighted by molar-refractivity contribution is 6.19. The third-order valence-electron chi connectivity index (χ3n) is 3.45. The first kappa shape index (κ1) is 18.9. The number of hydrogen-bond donors (Lipinski definition) is 0. The summed E-state index contributed by atoms with van der Waals surface area (Å²) in [7, 11) is 0. The molecule has 5 nitrogen and oxygen atoms in total. The number of rotatable bonds is 6. The van der Waals surface area contributed by atoms with E-state index >= 15 is 0 Å². The van der Waals surface area contributed by atoms with Crippen molar-refractivity contribution in [2.24, 2.45) is 0 Å². The second-order valence-electron chi connectivity index (χ2n) is 6.10. The number of carbonyl (C=O) groups excluding carboxylic acids is 2. The summed E-state index contributed by atoms with van der Waals surface area (Å²) in [5.41, 5.74) is -0.527. The van der Waals surface area contributed by atoms with Crippen molar-refractivity contribution in [3.8, 4) is 5.75 Å². The fraction of sp³-hybridized carbons (Fsp3) is 0.444. The SMILES string of the molecule is CCCCCOc1c(F)cc(F)cc1C=C1C(=O)OC(C)(C)OC1=O. The molecule has 0 radical (unpaired) electrons. The van der Waals surface area contributed by atoms with Gasteiger partial charge in [0.2, 0.25) is 0 Å². The van der Waals surface area contributed by atoms with Crippen molar-refractivity contribution in [3.05, 3.63) is 34.9 Å². The molecule has 0 unspecified atom stereocenters. The van der Waals surface area contributed by atoms with Crippen LogP contribution >= 0.6 is 0 Å². The molecule has 0 amide bonds. The first-order chi connectivity index (χ1) is 11.7. The maximum Gasteiger partial charge on any atom is 0.348 e. The fourth-order valence-electron chi connectivity index (χ4n) is 2.30. The molecular weight excluding hydrogens is 334 g/mol. The monoisotopic (exact) mass is 354 g/mol. The van der Waals surface area contributed by atoms with Crippen LogP contribution in [0.2, 0.25) is 0 Å². The van der Waals surface area contributed by atoms with Crippen LogP contribution in [0, 0.1) is 11.6 Å². The highest BCUT2D eigenvalue weighted by Crippen LogP contribution is 2.30. The van der Waals surface area contributed by atoms with Gasteiger partial charge in [-0.1, -0.05) is 19.8 Å². The average molecular weight is 354 g/mol. The zero-order valence-electron chi connectivity index (χ0n) is 14.4. The van der Waals surface area contributed by atoms with Crippen LogP contribution in [0.15, 0.2) is 17.7 Å². The van der Waals surface area contributed by atoms with Crippen molar-refractivity contribution in [2.75, 3.05) is 6.61 Å². The second kappa shape index (κ2) is 7.63. The molecule has 0 N–H and O–H groups in total. The summed E-state index contributed by atoms with van der Waals surface area (Å²) < 4.78 is 42.9. The van der Waals surface area contributed by atoms with Crippen LogP contribution in [-0.4, -0.2) is 24.3 Å². The van der Waals surface area contributed by atoms with E-state index in [2.05, 4.69) is 0 Å². The first-order valence-corrected chi connectivity index (χ1v) is 8.03. The Hall–Kier alpha value is -2.44. The Kier molecular flexibility index (Phi) is 5.77. The van der Waals surface area contributed by atoms with E-state index in [4.69, 9.17) is 14.2 Å². The normalized spacial score (nSPS) is 16.3. The molecule has 1 aromatic rings. The summed E-state index contributed by atoms with van der Waals surface area (Å²) in [5, 5.41) is 0. The smallest absolute Gasteiger partial charge is 0.348 e. The predicted octanol–water partition coefficient (Wildman–Crippen LogP) is 3.75. The van der Waals surface area contributed by atoms with E-state index in [1.165, 1.54) is 13.8 Å². The maximum absolute atomic E-state index is 14.1. The van der Waals surface area contributed by atoms with Gasteiger partial charge in [-0.25, -0.2) is 18.4 Å². The number of halogens is 2. The highest BCUT2D eigenvalue weighted by atomic mass is 19.1. The molecule has 1 heterocycles. The lowest BCUT2D eigenvalue weighted by atomic mass is 10.1. The number of unbranched alkanes of at least 4 members (excludes halogenated alkanes) is 2. The fourth-order valence-corrected chi connectivity index (χ4v) is 2.30. The van der Waals surface area contributed by atoms with Gasteiger partial charge in [-0.15, -0.1) is 0 Å². The molecule has 0 bridgehead atoms. The summed E-state index contributed by atoms with van der Waals surface area (Å²) in [4.78, 5) is 24.0. The average Bonchev–Trinajstić information content (AvgIpc) is 2.48. The van der Waals surface area contributed by atoms with Crippen molar-refractivity contribution in [2.45, 2.75) is 45.8 Å². The summed E-state index contributed by atoms with van der Waals surface area (Å²) in [6.45, 7) is 5.05. The van der Waals surface area contributed by atoms with Crippen LogP contribution in [0.4, 0.5) is 8.78 Å². The van der Waals surface area contributed by atoms with Gasteiger partial charge in [0.05, 0.1) is 6.61 Å². The molecule has 1 saturated heterocycles. The van der Waals surface area contributed by atoms with Crippen molar-refractivity contribution < 1.29 is 32.6 Å². The molecule has 0 saturated carbocycles. The predicted molar refractivity (Wildman–Crippen MR) is 85.6 cm³/mol. The quantitative estimate of drug-likeness (QED) is 0.337. The molecule has 25 heavy (non-hydrogen) atoms. The van der Waals surface area contributed by atoms with Crippen LogP contribution in [-0.2, 0) is 19.1 Å². The molecule has 136 valence electrons. The van der Waals surface area contributed by atoms with Gasteiger partial charge in [0.15, 0.2) is 11.6 Å². The Labute approximate surface area is 144 Å². The summed E-state index contributed by atoms with van der Waals surface area (Å²) >= 11 is 0. The van der Waals surface area contributed by atoms with Crippen LogP contribution in [0.25, 0.3) is 6.08 Å². The molecule has 1 aromatic carbocycles. The molecule has 1 fully saturated rings. The molecule has 1 aliphatic heterocycles. The molecular formula is C18H20F2O5. The third-order valence-corrected chi connectivity index (χ3v) is 3.45. The van der Waals surface area contributed by atoms with Crippen LogP contribution in [0.3, 0.4) is 0 Å². The Bertz CT molecular complexity index is 688. The van der Waals surface area contributed by atoms with E-state index in [1.807, 2.05) is 6.92 Å². The summed E-state index contributed by atoms with van der Waals surface area (Å²) in [6.07, 6.45) is 3.56. The number of cyclic esters (lactones) is 2. The molecule has 0 aliphatic carbocycles. The van der Waals surface area contributed by atoms with E-state index in [-0.39, 0.29) is 17.9 Å². The summed E-state index contributed by atoms with van der Waals surface area (Å²) in [6, 6.07) is 1.66. The van der Waals surface area contributed by atoms with Gasteiger partial charge >= 0.3 is 11.9 Å². The standard InChI is InChI=1S/C18H20F2O5/c1-4-5-6-7-23-15-11(8-12(19)10-14(15)20)9-13-16(21)24-18(2,3)25-17(13)22/h8-10H,4-7H2,1-3H3. The Balaban J connectivity index is 2.34.